The van der Waals surface area contributed by atoms with Crippen LogP contribution in [0.3, 0.4) is 0 Å². The summed E-state index contributed by atoms with van der Waals surface area (Å²) in [6, 6.07) is 8.47. The molecule has 0 amide bonds. The van der Waals surface area contributed by atoms with E-state index < -0.39 is 0 Å². The van der Waals surface area contributed by atoms with Gasteiger partial charge in [0.15, 0.2) is 0 Å². The Kier molecular flexibility index (Phi) is 4.67. The number of nitrogens with one attached hydrogen (secondary N) is 1. The number of thioether (sulfide) groups is 1. The van der Waals surface area contributed by atoms with Crippen LogP contribution >= 0.6 is 11.8 Å². The maximum absolute atomic E-state index is 5.63. The molecule has 0 radical (unpaired) electrons. The Bertz CT molecular complexity index is 711. The third-order valence-electron chi connectivity index (χ3n) is 4.77. The number of ether oxygens (including phenoxy) is 1. The average Bonchev–Trinajstić information content (AvgIpc) is 2.68. The number of benzene rings is 1. The van der Waals surface area contributed by atoms with Crippen LogP contribution in [0.5, 0.6) is 5.75 Å². The van der Waals surface area contributed by atoms with E-state index in [1.807, 2.05) is 17.8 Å². The van der Waals surface area contributed by atoms with Gasteiger partial charge in [0.1, 0.15) is 17.4 Å². The van der Waals surface area contributed by atoms with Crippen molar-refractivity contribution >= 4 is 34.2 Å². The summed E-state index contributed by atoms with van der Waals surface area (Å²) >= 11 is 2.03. The Labute approximate surface area is 147 Å². The lowest BCUT2D eigenvalue weighted by atomic mass is 10.1. The molecule has 0 saturated carbocycles. The van der Waals surface area contributed by atoms with Crippen LogP contribution in [0.15, 0.2) is 24.3 Å². The van der Waals surface area contributed by atoms with Crippen molar-refractivity contribution in [3.05, 3.63) is 24.3 Å². The quantitative estimate of drug-likeness (QED) is 0.921. The highest BCUT2D eigenvalue weighted by molar-refractivity contribution is 7.99. The molecule has 2 fully saturated rings. The molecule has 2 saturated heterocycles. The van der Waals surface area contributed by atoms with Crippen molar-refractivity contribution in [1.82, 2.24) is 10.3 Å². The monoisotopic (exact) mass is 344 g/mol. The summed E-state index contributed by atoms with van der Waals surface area (Å²) in [5, 5.41) is 5.77. The fraction of sp³-hybridized carbons (Fsp3) is 0.500. The molecule has 6 heteroatoms. The highest BCUT2D eigenvalue weighted by Gasteiger charge is 2.20. The Balaban J connectivity index is 1.84. The number of aromatic nitrogens is 1. The Hall–Kier alpha value is -1.66. The fourth-order valence-corrected chi connectivity index (χ4v) is 4.37. The van der Waals surface area contributed by atoms with E-state index >= 15 is 0 Å². The van der Waals surface area contributed by atoms with Crippen molar-refractivity contribution in [2.75, 3.05) is 67.7 Å². The molecule has 5 nitrogen and oxygen atoms in total. The summed E-state index contributed by atoms with van der Waals surface area (Å²) in [7, 11) is 1.75. The van der Waals surface area contributed by atoms with Gasteiger partial charge < -0.3 is 19.9 Å². The molecule has 1 aromatic heterocycles. The highest BCUT2D eigenvalue weighted by atomic mass is 32.2. The van der Waals surface area contributed by atoms with E-state index in [1.165, 1.54) is 16.9 Å². The van der Waals surface area contributed by atoms with Crippen molar-refractivity contribution < 1.29 is 4.74 Å². The summed E-state index contributed by atoms with van der Waals surface area (Å²) in [6.45, 7) is 6.17. The minimum Gasteiger partial charge on any atom is -0.496 e. The van der Waals surface area contributed by atoms with E-state index in [2.05, 4.69) is 33.3 Å². The van der Waals surface area contributed by atoms with Gasteiger partial charge in [-0.3, -0.25) is 0 Å². The Morgan fingerprint density at radius 2 is 1.83 bits per heavy atom. The molecule has 0 unspecified atom stereocenters. The molecule has 1 N–H and O–H groups in total. The van der Waals surface area contributed by atoms with E-state index in [0.29, 0.717) is 0 Å². The van der Waals surface area contributed by atoms with Crippen LogP contribution in [0.1, 0.15) is 0 Å². The number of rotatable bonds is 3. The van der Waals surface area contributed by atoms with Gasteiger partial charge in [-0.15, -0.1) is 0 Å². The SMILES string of the molecule is COc1cccc2c(N3CCSCC3)nc(N3CCNCC3)cc12. The van der Waals surface area contributed by atoms with Crippen molar-refractivity contribution in [3.8, 4) is 5.75 Å². The largest absolute Gasteiger partial charge is 0.496 e. The number of methoxy groups -OCH3 is 1. The van der Waals surface area contributed by atoms with E-state index in [1.54, 1.807) is 7.11 Å². The predicted octanol–water partition coefficient (Wildman–Crippen LogP) is 2.21. The van der Waals surface area contributed by atoms with Gasteiger partial charge in [-0.2, -0.15) is 11.8 Å². The minimum atomic E-state index is 0.930. The van der Waals surface area contributed by atoms with Crippen LogP contribution in [-0.2, 0) is 0 Å². The standard InChI is InChI=1S/C18H24N4OS/c1-23-16-4-2-3-14-15(16)13-17(21-7-5-19-6-8-21)20-18(14)22-9-11-24-12-10-22/h2-4,13,19H,5-12H2,1H3. The number of anilines is 2. The van der Waals surface area contributed by atoms with Crippen LogP contribution in [0, 0.1) is 0 Å². The van der Waals surface area contributed by atoms with Crippen LogP contribution in [0.2, 0.25) is 0 Å². The molecular formula is C18H24N4OS. The van der Waals surface area contributed by atoms with Gasteiger partial charge in [-0.25, -0.2) is 4.98 Å². The zero-order chi connectivity index (χ0) is 16.4. The summed E-state index contributed by atoms with van der Waals surface area (Å²) in [4.78, 5) is 9.90. The molecule has 2 aliphatic heterocycles. The first-order valence-corrected chi connectivity index (χ1v) is 9.78. The van der Waals surface area contributed by atoms with E-state index in [9.17, 15) is 0 Å². The maximum Gasteiger partial charge on any atom is 0.139 e. The first-order chi connectivity index (χ1) is 11.9. The Morgan fingerprint density at radius 1 is 1.04 bits per heavy atom. The number of nitrogens with zero attached hydrogens (tertiary/aromatic N) is 3. The number of pyridine rings is 1. The van der Waals surface area contributed by atoms with Gasteiger partial charge in [-0.1, -0.05) is 12.1 Å². The zero-order valence-corrected chi connectivity index (χ0v) is 14.9. The van der Waals surface area contributed by atoms with E-state index in [4.69, 9.17) is 9.72 Å². The molecule has 128 valence electrons. The van der Waals surface area contributed by atoms with Crippen LogP contribution < -0.4 is 19.9 Å². The Morgan fingerprint density at radius 3 is 2.58 bits per heavy atom. The second-order valence-electron chi connectivity index (χ2n) is 6.20. The molecule has 0 spiro atoms. The van der Waals surface area contributed by atoms with Crippen molar-refractivity contribution in [2.24, 2.45) is 0 Å². The fourth-order valence-electron chi connectivity index (χ4n) is 3.47. The summed E-state index contributed by atoms with van der Waals surface area (Å²) < 4.78 is 5.63. The lowest BCUT2D eigenvalue weighted by Gasteiger charge is -2.32. The first kappa shape index (κ1) is 15.8. The number of hydrogen-bond acceptors (Lipinski definition) is 6. The number of fused-ring (bicyclic) bond motifs is 1. The molecule has 4 rings (SSSR count). The third kappa shape index (κ3) is 3.00. The van der Waals surface area contributed by atoms with Gasteiger partial charge in [0.05, 0.1) is 7.11 Å². The second-order valence-corrected chi connectivity index (χ2v) is 7.42. The molecule has 0 atom stereocenters. The lowest BCUT2D eigenvalue weighted by molar-refractivity contribution is 0.420. The van der Waals surface area contributed by atoms with Crippen molar-refractivity contribution in [3.63, 3.8) is 0 Å². The average molecular weight is 344 g/mol. The smallest absolute Gasteiger partial charge is 0.139 e. The third-order valence-corrected chi connectivity index (χ3v) is 5.71. The first-order valence-electron chi connectivity index (χ1n) is 8.63. The number of piperazine rings is 1. The molecule has 3 heterocycles. The van der Waals surface area contributed by atoms with Gasteiger partial charge in [0, 0.05) is 61.5 Å². The maximum atomic E-state index is 5.63. The van der Waals surface area contributed by atoms with Gasteiger partial charge >= 0.3 is 0 Å². The number of hydrogen-bond donors (Lipinski definition) is 1. The van der Waals surface area contributed by atoms with Gasteiger partial charge in [0.2, 0.25) is 0 Å². The molecular weight excluding hydrogens is 320 g/mol. The molecule has 2 aromatic rings. The van der Waals surface area contributed by atoms with E-state index in [-0.39, 0.29) is 0 Å². The predicted molar refractivity (Wildman–Crippen MR) is 103 cm³/mol. The lowest BCUT2D eigenvalue weighted by Crippen LogP contribution is -2.44. The highest BCUT2D eigenvalue weighted by Crippen LogP contribution is 2.35. The molecule has 0 bridgehead atoms. The van der Waals surface area contributed by atoms with E-state index in [0.717, 1.165) is 62.0 Å². The minimum absolute atomic E-state index is 0.930. The van der Waals surface area contributed by atoms with Crippen molar-refractivity contribution in [1.29, 1.82) is 0 Å². The van der Waals surface area contributed by atoms with Crippen LogP contribution in [-0.4, -0.2) is 62.9 Å². The topological polar surface area (TPSA) is 40.6 Å². The molecule has 24 heavy (non-hydrogen) atoms. The zero-order valence-electron chi connectivity index (χ0n) is 14.1. The van der Waals surface area contributed by atoms with Crippen LogP contribution in [0.25, 0.3) is 10.8 Å². The molecule has 2 aliphatic rings. The molecule has 1 aromatic carbocycles. The summed E-state index contributed by atoms with van der Waals surface area (Å²) in [6.07, 6.45) is 0. The summed E-state index contributed by atoms with van der Waals surface area (Å²) in [5.74, 6) is 5.46. The van der Waals surface area contributed by atoms with Gasteiger partial charge in [-0.05, 0) is 12.1 Å². The second kappa shape index (κ2) is 7.07. The van der Waals surface area contributed by atoms with Gasteiger partial charge in [0.25, 0.3) is 0 Å². The molecule has 0 aliphatic carbocycles. The van der Waals surface area contributed by atoms with Crippen LogP contribution in [0.4, 0.5) is 11.6 Å². The van der Waals surface area contributed by atoms with Crippen molar-refractivity contribution in [2.45, 2.75) is 0 Å². The summed E-state index contributed by atoms with van der Waals surface area (Å²) in [5.41, 5.74) is 0. The normalized spacial score (nSPS) is 18.9.